The highest BCUT2D eigenvalue weighted by Gasteiger charge is 2.36. The zero-order chi connectivity index (χ0) is 20.8. The Balaban J connectivity index is 1.54. The quantitative estimate of drug-likeness (QED) is 0.678. The minimum atomic E-state index is -4.68. The van der Waals surface area contributed by atoms with Gasteiger partial charge in [0, 0.05) is 37.3 Å². The van der Waals surface area contributed by atoms with Crippen LogP contribution in [0.3, 0.4) is 0 Å². The standard InChI is InChI=1S/C19H17F4N5O/c1-11-12(8-24-28(11)14-4-2-13(20)3-5-14)9-27-7-6-16-15(10-27)17(29)26-18(25-16)19(21,22)23/h2-5,8H,6-7,9-10H2,1H3,(H,25,26,29). The number of aromatic amines is 1. The molecular formula is C19H17F4N5O. The van der Waals surface area contributed by atoms with Gasteiger partial charge < -0.3 is 4.98 Å². The highest BCUT2D eigenvalue weighted by Crippen LogP contribution is 2.27. The summed E-state index contributed by atoms with van der Waals surface area (Å²) in [5.74, 6) is -1.59. The highest BCUT2D eigenvalue weighted by molar-refractivity contribution is 5.35. The van der Waals surface area contributed by atoms with Crippen molar-refractivity contribution in [3.05, 3.63) is 75.0 Å². The summed E-state index contributed by atoms with van der Waals surface area (Å²) in [6.45, 7) is 3.04. The van der Waals surface area contributed by atoms with Crippen LogP contribution >= 0.6 is 0 Å². The number of benzene rings is 1. The SMILES string of the molecule is Cc1c(CN2CCc3nc(C(F)(F)F)[nH]c(=O)c3C2)cnn1-c1ccc(F)cc1. The third kappa shape index (κ3) is 3.80. The lowest BCUT2D eigenvalue weighted by atomic mass is 10.1. The molecule has 0 fully saturated rings. The Labute approximate surface area is 162 Å². The molecule has 0 amide bonds. The van der Waals surface area contributed by atoms with Crippen LogP contribution in [0.4, 0.5) is 17.6 Å². The average molecular weight is 407 g/mol. The number of halogens is 4. The number of aromatic nitrogens is 4. The molecule has 0 atom stereocenters. The summed E-state index contributed by atoms with van der Waals surface area (Å²) in [4.78, 5) is 19.5. The monoisotopic (exact) mass is 407 g/mol. The fourth-order valence-corrected chi connectivity index (χ4v) is 3.43. The average Bonchev–Trinajstić information content (AvgIpc) is 3.02. The first-order valence-electron chi connectivity index (χ1n) is 8.93. The molecule has 0 unspecified atom stereocenters. The van der Waals surface area contributed by atoms with E-state index in [9.17, 15) is 22.4 Å². The molecule has 4 rings (SSSR count). The van der Waals surface area contributed by atoms with E-state index in [-0.39, 0.29) is 30.0 Å². The van der Waals surface area contributed by atoms with E-state index in [2.05, 4.69) is 10.1 Å². The van der Waals surface area contributed by atoms with E-state index in [4.69, 9.17) is 0 Å². The number of nitrogens with one attached hydrogen (secondary N) is 1. The second-order valence-electron chi connectivity index (χ2n) is 6.94. The number of hydrogen-bond donors (Lipinski definition) is 1. The lowest BCUT2D eigenvalue weighted by Gasteiger charge is -2.27. The van der Waals surface area contributed by atoms with Crippen LogP contribution in [-0.2, 0) is 25.7 Å². The van der Waals surface area contributed by atoms with Gasteiger partial charge in [-0.25, -0.2) is 14.1 Å². The summed E-state index contributed by atoms with van der Waals surface area (Å²) in [5.41, 5.74) is 2.19. The first kappa shape index (κ1) is 19.3. The maximum Gasteiger partial charge on any atom is 0.449 e. The maximum absolute atomic E-state index is 13.1. The van der Waals surface area contributed by atoms with Gasteiger partial charge in [-0.2, -0.15) is 18.3 Å². The number of nitrogens with zero attached hydrogens (tertiary/aromatic N) is 4. The van der Waals surface area contributed by atoms with E-state index in [0.717, 1.165) is 16.9 Å². The lowest BCUT2D eigenvalue weighted by molar-refractivity contribution is -0.145. The van der Waals surface area contributed by atoms with Gasteiger partial charge >= 0.3 is 6.18 Å². The molecule has 10 heteroatoms. The molecule has 0 saturated carbocycles. The Morgan fingerprint density at radius 1 is 1.21 bits per heavy atom. The van der Waals surface area contributed by atoms with Crippen LogP contribution in [0.1, 0.15) is 28.3 Å². The minimum absolute atomic E-state index is 0.191. The first-order valence-corrected chi connectivity index (χ1v) is 8.93. The van der Waals surface area contributed by atoms with Crippen molar-refractivity contribution >= 4 is 0 Å². The van der Waals surface area contributed by atoms with Gasteiger partial charge in [-0.05, 0) is 31.2 Å². The summed E-state index contributed by atoms with van der Waals surface area (Å²) in [6.07, 6.45) is -2.73. The van der Waals surface area contributed by atoms with Crippen molar-refractivity contribution in [1.82, 2.24) is 24.6 Å². The van der Waals surface area contributed by atoms with E-state index in [0.29, 0.717) is 13.1 Å². The van der Waals surface area contributed by atoms with Crippen LogP contribution in [-0.4, -0.2) is 31.2 Å². The predicted molar refractivity (Wildman–Crippen MR) is 95.9 cm³/mol. The lowest BCUT2D eigenvalue weighted by Crippen LogP contribution is -2.36. The zero-order valence-electron chi connectivity index (χ0n) is 15.4. The minimum Gasteiger partial charge on any atom is -0.303 e. The maximum atomic E-state index is 13.1. The Morgan fingerprint density at radius 3 is 2.62 bits per heavy atom. The van der Waals surface area contributed by atoms with Gasteiger partial charge in [0.25, 0.3) is 5.56 Å². The molecule has 0 radical (unpaired) electrons. The van der Waals surface area contributed by atoms with Crippen molar-refractivity contribution in [2.24, 2.45) is 0 Å². The van der Waals surface area contributed by atoms with Crippen molar-refractivity contribution in [1.29, 1.82) is 0 Å². The molecule has 3 aromatic rings. The topological polar surface area (TPSA) is 66.8 Å². The smallest absolute Gasteiger partial charge is 0.303 e. The van der Waals surface area contributed by atoms with Crippen molar-refractivity contribution in [3.8, 4) is 5.69 Å². The van der Waals surface area contributed by atoms with Gasteiger partial charge in [0.15, 0.2) is 0 Å². The third-order valence-corrected chi connectivity index (χ3v) is 4.99. The molecular weight excluding hydrogens is 390 g/mol. The van der Waals surface area contributed by atoms with Crippen molar-refractivity contribution in [2.45, 2.75) is 32.6 Å². The fraction of sp³-hybridized carbons (Fsp3) is 0.316. The largest absolute Gasteiger partial charge is 0.449 e. The molecule has 1 aliphatic heterocycles. The fourth-order valence-electron chi connectivity index (χ4n) is 3.43. The highest BCUT2D eigenvalue weighted by atomic mass is 19.4. The number of rotatable bonds is 3. The summed E-state index contributed by atoms with van der Waals surface area (Å²) < 4.78 is 53.3. The molecule has 1 aromatic carbocycles. The number of alkyl halides is 3. The van der Waals surface area contributed by atoms with Gasteiger partial charge in [0.1, 0.15) is 5.82 Å². The molecule has 0 spiro atoms. The van der Waals surface area contributed by atoms with Gasteiger partial charge in [0.05, 0.1) is 23.1 Å². The summed E-state index contributed by atoms with van der Waals surface area (Å²) >= 11 is 0. The van der Waals surface area contributed by atoms with Crippen LogP contribution < -0.4 is 5.56 Å². The molecule has 0 aliphatic carbocycles. The number of fused-ring (bicyclic) bond motifs is 1. The molecule has 29 heavy (non-hydrogen) atoms. The first-order chi connectivity index (χ1) is 13.7. The molecule has 0 bridgehead atoms. The van der Waals surface area contributed by atoms with Gasteiger partial charge in [-0.1, -0.05) is 0 Å². The second-order valence-corrected chi connectivity index (χ2v) is 6.94. The van der Waals surface area contributed by atoms with Crippen LogP contribution in [0.5, 0.6) is 0 Å². The van der Waals surface area contributed by atoms with Gasteiger partial charge in [-0.3, -0.25) is 9.69 Å². The second kappa shape index (κ2) is 7.11. The van der Waals surface area contributed by atoms with Gasteiger partial charge in [-0.15, -0.1) is 0 Å². The number of H-pyrrole nitrogens is 1. The van der Waals surface area contributed by atoms with Crippen LogP contribution in [0.15, 0.2) is 35.3 Å². The van der Waals surface area contributed by atoms with E-state index in [1.807, 2.05) is 16.8 Å². The number of hydrogen-bond acceptors (Lipinski definition) is 4. The Morgan fingerprint density at radius 2 is 1.93 bits per heavy atom. The zero-order valence-corrected chi connectivity index (χ0v) is 15.4. The molecule has 1 aliphatic rings. The molecule has 2 aromatic heterocycles. The Kier molecular flexibility index (Phi) is 4.73. The van der Waals surface area contributed by atoms with Crippen molar-refractivity contribution in [3.63, 3.8) is 0 Å². The van der Waals surface area contributed by atoms with E-state index in [1.54, 1.807) is 23.0 Å². The van der Waals surface area contributed by atoms with Crippen LogP contribution in [0, 0.1) is 12.7 Å². The predicted octanol–water partition coefficient (Wildman–Crippen LogP) is 2.98. The van der Waals surface area contributed by atoms with E-state index in [1.165, 1.54) is 12.1 Å². The third-order valence-electron chi connectivity index (χ3n) is 4.99. The van der Waals surface area contributed by atoms with Crippen molar-refractivity contribution in [2.75, 3.05) is 6.54 Å². The van der Waals surface area contributed by atoms with Crippen molar-refractivity contribution < 1.29 is 17.6 Å². The van der Waals surface area contributed by atoms with Gasteiger partial charge in [0.2, 0.25) is 5.82 Å². The molecule has 1 N–H and O–H groups in total. The normalized spacial score (nSPS) is 14.8. The molecule has 3 heterocycles. The molecule has 6 nitrogen and oxygen atoms in total. The summed E-state index contributed by atoms with van der Waals surface area (Å²) in [6, 6.07) is 5.96. The van der Waals surface area contributed by atoms with E-state index >= 15 is 0 Å². The molecule has 0 saturated heterocycles. The summed E-state index contributed by atoms with van der Waals surface area (Å²) in [5, 5.41) is 4.34. The Bertz CT molecular complexity index is 1100. The summed E-state index contributed by atoms with van der Waals surface area (Å²) in [7, 11) is 0. The van der Waals surface area contributed by atoms with E-state index < -0.39 is 17.6 Å². The Hall–Kier alpha value is -3.01. The van der Waals surface area contributed by atoms with Crippen LogP contribution in [0.25, 0.3) is 5.69 Å². The molecule has 152 valence electrons. The van der Waals surface area contributed by atoms with Crippen LogP contribution in [0.2, 0.25) is 0 Å².